The molecule has 0 radical (unpaired) electrons. The lowest BCUT2D eigenvalue weighted by Gasteiger charge is -2.25. The number of nitrogens with zero attached hydrogens (tertiary/aromatic N) is 2. The monoisotopic (exact) mass is 391 g/mol. The number of carbonyl (C=O) groups excluding carboxylic acids is 3. The van der Waals surface area contributed by atoms with Gasteiger partial charge in [0.1, 0.15) is 13.2 Å². The number of amides is 4. The van der Waals surface area contributed by atoms with Crippen molar-refractivity contribution in [2.75, 3.05) is 13.2 Å². The number of ether oxygens (including phenoxy) is 2. The van der Waals surface area contributed by atoms with Crippen LogP contribution in [-0.2, 0) is 19.7 Å². The van der Waals surface area contributed by atoms with E-state index in [0.717, 1.165) is 4.90 Å². The zero-order valence-corrected chi connectivity index (χ0v) is 16.1. The van der Waals surface area contributed by atoms with Gasteiger partial charge in [0.15, 0.2) is 0 Å². The van der Waals surface area contributed by atoms with E-state index in [-0.39, 0.29) is 25.0 Å². The third-order valence-corrected chi connectivity index (χ3v) is 5.45. The average molecular weight is 391 g/mol. The largest absolute Gasteiger partial charge is 0.447 e. The van der Waals surface area contributed by atoms with Crippen LogP contribution in [-0.4, -0.2) is 61.1 Å². The predicted octanol–water partition coefficient (Wildman–Crippen LogP) is 1.67. The first-order valence-corrected chi connectivity index (χ1v) is 9.95. The minimum atomic E-state index is -4.51. The summed E-state index contributed by atoms with van der Waals surface area (Å²) in [4.78, 5) is 36.8. The summed E-state index contributed by atoms with van der Waals surface area (Å²) in [5.41, 5.74) is 0. The Morgan fingerprint density at radius 1 is 1.04 bits per heavy atom. The number of hydrogen-bond acceptors (Lipinski definition) is 7. The van der Waals surface area contributed by atoms with Crippen molar-refractivity contribution in [1.29, 1.82) is 0 Å². The fourth-order valence-electron chi connectivity index (χ4n) is 3.09. The first-order valence-electron chi connectivity index (χ1n) is 8.51. The lowest BCUT2D eigenvalue weighted by molar-refractivity contribution is 0.159. The first-order chi connectivity index (χ1) is 12.0. The maximum Gasteiger partial charge on any atom is 0.425 e. The van der Waals surface area contributed by atoms with Gasteiger partial charge in [0, 0.05) is 0 Å². The average Bonchev–Trinajstić information content (AvgIpc) is 3.01. The van der Waals surface area contributed by atoms with E-state index < -0.39 is 40.5 Å². The van der Waals surface area contributed by atoms with E-state index in [1.165, 1.54) is 0 Å². The Bertz CT molecular complexity index is 677. The van der Waals surface area contributed by atoms with Crippen molar-refractivity contribution in [1.82, 2.24) is 13.9 Å². The normalized spacial score (nSPS) is 23.6. The van der Waals surface area contributed by atoms with Gasteiger partial charge in [-0.25, -0.2) is 24.0 Å². The number of rotatable bonds is 6. The van der Waals surface area contributed by atoms with Crippen molar-refractivity contribution < 1.29 is 32.3 Å². The maximum atomic E-state index is 12.6. The highest BCUT2D eigenvalue weighted by atomic mass is 32.2. The summed E-state index contributed by atoms with van der Waals surface area (Å²) in [6.07, 6.45) is -1.09. The molecule has 148 valence electrons. The molecule has 11 heteroatoms. The van der Waals surface area contributed by atoms with Crippen LogP contribution in [0.1, 0.15) is 40.5 Å². The number of hydrogen-bond donors (Lipinski definition) is 1. The second kappa shape index (κ2) is 7.68. The van der Waals surface area contributed by atoms with Gasteiger partial charge >= 0.3 is 28.4 Å². The zero-order valence-electron chi connectivity index (χ0n) is 15.3. The van der Waals surface area contributed by atoms with Gasteiger partial charge in [0.05, 0.1) is 12.1 Å². The summed E-state index contributed by atoms with van der Waals surface area (Å²) < 4.78 is 37.1. The van der Waals surface area contributed by atoms with E-state index in [0.29, 0.717) is 17.1 Å². The molecule has 0 aliphatic carbocycles. The van der Waals surface area contributed by atoms with Crippen molar-refractivity contribution in [3.63, 3.8) is 0 Å². The Morgan fingerprint density at radius 2 is 1.54 bits per heavy atom. The summed E-state index contributed by atoms with van der Waals surface area (Å²) in [5, 5.41) is 0. The molecule has 0 bridgehead atoms. The van der Waals surface area contributed by atoms with Gasteiger partial charge in [0.2, 0.25) is 0 Å². The van der Waals surface area contributed by atoms with Crippen molar-refractivity contribution in [3.05, 3.63) is 0 Å². The third kappa shape index (κ3) is 4.37. The van der Waals surface area contributed by atoms with Crippen LogP contribution in [0.2, 0.25) is 0 Å². The standard InChI is InChI=1S/C15H25N3O7S/c1-9(2)5-11-7-24-14(20)17(11)13(19)16-26(22,23)18-12(6-10(3)4)8-25-15(18)21/h9-12H,5-8H2,1-4H3,(H,16,19)/t11-,12-/m0/s1. The first kappa shape index (κ1) is 20.3. The fourth-order valence-corrected chi connectivity index (χ4v) is 4.29. The van der Waals surface area contributed by atoms with Gasteiger partial charge < -0.3 is 9.47 Å². The SMILES string of the molecule is CC(C)C[C@H]1COC(=O)N1C(=O)NS(=O)(=O)N1C(=O)OC[C@@H]1CC(C)C. The summed E-state index contributed by atoms with van der Waals surface area (Å²) in [5.74, 6) is 0.289. The molecule has 2 rings (SSSR count). The highest BCUT2D eigenvalue weighted by Crippen LogP contribution is 2.23. The van der Waals surface area contributed by atoms with E-state index in [2.05, 4.69) is 0 Å². The van der Waals surface area contributed by atoms with Crippen LogP contribution in [0, 0.1) is 11.8 Å². The molecule has 0 spiro atoms. The molecule has 0 aromatic heterocycles. The Hall–Kier alpha value is -2.04. The molecular weight excluding hydrogens is 366 g/mol. The molecular formula is C15H25N3O7S. The van der Waals surface area contributed by atoms with Crippen LogP contribution in [0.25, 0.3) is 0 Å². The molecule has 2 atom stereocenters. The molecule has 0 unspecified atom stereocenters. The van der Waals surface area contributed by atoms with E-state index in [4.69, 9.17) is 9.47 Å². The summed E-state index contributed by atoms with van der Waals surface area (Å²) >= 11 is 0. The van der Waals surface area contributed by atoms with Crippen LogP contribution < -0.4 is 4.72 Å². The smallest absolute Gasteiger partial charge is 0.425 e. The summed E-state index contributed by atoms with van der Waals surface area (Å²) in [7, 11) is -4.51. The topological polar surface area (TPSA) is 122 Å². The second-order valence-corrected chi connectivity index (χ2v) is 8.85. The molecule has 2 fully saturated rings. The zero-order chi connectivity index (χ0) is 19.6. The number of urea groups is 1. The summed E-state index contributed by atoms with van der Waals surface area (Å²) in [6.45, 7) is 7.50. The Balaban J connectivity index is 2.15. The van der Waals surface area contributed by atoms with Crippen LogP contribution in [0.4, 0.5) is 14.4 Å². The number of cyclic esters (lactones) is 2. The second-order valence-electron chi connectivity index (χ2n) is 7.30. The number of imide groups is 1. The quantitative estimate of drug-likeness (QED) is 0.731. The van der Waals surface area contributed by atoms with Gasteiger partial charge in [-0.2, -0.15) is 12.7 Å². The van der Waals surface area contributed by atoms with Crippen LogP contribution in [0.5, 0.6) is 0 Å². The van der Waals surface area contributed by atoms with Crippen LogP contribution in [0.15, 0.2) is 0 Å². The van der Waals surface area contributed by atoms with Crippen molar-refractivity contribution in [2.24, 2.45) is 11.8 Å². The van der Waals surface area contributed by atoms with Gasteiger partial charge in [0.25, 0.3) is 0 Å². The Morgan fingerprint density at radius 3 is 2.12 bits per heavy atom. The van der Waals surface area contributed by atoms with Gasteiger partial charge in [-0.05, 0) is 24.7 Å². The molecule has 2 aliphatic rings. The molecule has 2 heterocycles. The predicted molar refractivity (Wildman–Crippen MR) is 90.3 cm³/mol. The van der Waals surface area contributed by atoms with E-state index in [9.17, 15) is 22.8 Å². The van der Waals surface area contributed by atoms with Gasteiger partial charge in [-0.1, -0.05) is 27.7 Å². The molecule has 4 amide bonds. The van der Waals surface area contributed by atoms with Crippen molar-refractivity contribution in [2.45, 2.75) is 52.6 Å². The van der Waals surface area contributed by atoms with Crippen molar-refractivity contribution >= 4 is 28.4 Å². The van der Waals surface area contributed by atoms with E-state index in [1.54, 1.807) is 4.72 Å². The Labute approximate surface area is 153 Å². The minimum Gasteiger partial charge on any atom is -0.447 e. The van der Waals surface area contributed by atoms with Gasteiger partial charge in [-0.3, -0.25) is 0 Å². The minimum absolute atomic E-state index is 0.00616. The van der Waals surface area contributed by atoms with Crippen LogP contribution >= 0.6 is 0 Å². The number of carbonyl (C=O) groups is 3. The molecule has 0 aromatic carbocycles. The molecule has 26 heavy (non-hydrogen) atoms. The molecule has 1 N–H and O–H groups in total. The van der Waals surface area contributed by atoms with Gasteiger partial charge in [-0.15, -0.1) is 0 Å². The Kier molecular flexibility index (Phi) is 5.99. The molecule has 2 aliphatic heterocycles. The molecule has 2 saturated heterocycles. The highest BCUT2D eigenvalue weighted by molar-refractivity contribution is 7.88. The summed E-state index contributed by atoms with van der Waals surface area (Å²) in [6, 6.07) is -2.40. The third-order valence-electron chi connectivity index (χ3n) is 4.05. The fraction of sp³-hybridized carbons (Fsp3) is 0.800. The highest BCUT2D eigenvalue weighted by Gasteiger charge is 2.45. The molecule has 0 saturated carbocycles. The number of nitrogens with one attached hydrogen (secondary N) is 1. The van der Waals surface area contributed by atoms with E-state index >= 15 is 0 Å². The van der Waals surface area contributed by atoms with Crippen molar-refractivity contribution in [3.8, 4) is 0 Å². The molecule has 0 aromatic rings. The lowest BCUT2D eigenvalue weighted by Crippen LogP contribution is -2.53. The lowest BCUT2D eigenvalue weighted by atomic mass is 10.0. The molecule has 10 nitrogen and oxygen atoms in total. The maximum absolute atomic E-state index is 12.6. The van der Waals surface area contributed by atoms with E-state index in [1.807, 2.05) is 27.7 Å². The van der Waals surface area contributed by atoms with Crippen LogP contribution in [0.3, 0.4) is 0 Å².